The summed E-state index contributed by atoms with van der Waals surface area (Å²) in [5, 5.41) is 0. The van der Waals surface area contributed by atoms with Gasteiger partial charge in [0.05, 0.1) is 19.1 Å². The van der Waals surface area contributed by atoms with Gasteiger partial charge >= 0.3 is 0 Å². The molecule has 2 aliphatic carbocycles. The summed E-state index contributed by atoms with van der Waals surface area (Å²) < 4.78 is 6.77. The van der Waals surface area contributed by atoms with Crippen molar-refractivity contribution >= 4 is 5.78 Å². The van der Waals surface area contributed by atoms with Gasteiger partial charge in [-0.1, -0.05) is 20.8 Å². The molecule has 5 nitrogen and oxygen atoms in total. The van der Waals surface area contributed by atoms with Crippen LogP contribution in [-0.4, -0.2) is 22.4 Å². The van der Waals surface area contributed by atoms with Crippen molar-refractivity contribution in [1.29, 1.82) is 0 Å². The third-order valence-corrected chi connectivity index (χ3v) is 6.17. The van der Waals surface area contributed by atoms with Gasteiger partial charge in [0.2, 0.25) is 0 Å². The number of Topliss-reactive ketones (excluding diaryl/α,β-unsaturated/α-hetero) is 1. The summed E-state index contributed by atoms with van der Waals surface area (Å²) in [5.41, 5.74) is 1.60. The van der Waals surface area contributed by atoms with E-state index in [0.717, 1.165) is 17.7 Å². The molecule has 0 N–H and O–H groups in total. The summed E-state index contributed by atoms with van der Waals surface area (Å²) >= 11 is 0. The zero-order chi connectivity index (χ0) is 17.9. The van der Waals surface area contributed by atoms with E-state index in [1.165, 1.54) is 0 Å². The molecule has 1 aromatic heterocycles. The fourth-order valence-electron chi connectivity index (χ4n) is 4.87. The lowest BCUT2D eigenvalue weighted by Crippen LogP contribution is -2.54. The summed E-state index contributed by atoms with van der Waals surface area (Å²) in [7, 11) is 3.33. The maximum absolute atomic E-state index is 12.9. The number of ketones is 1. The van der Waals surface area contributed by atoms with Crippen LogP contribution in [0.15, 0.2) is 16.6 Å². The number of rotatable bonds is 1. The molecule has 0 aliphatic heterocycles. The second-order valence-electron chi connectivity index (χ2n) is 7.97. The van der Waals surface area contributed by atoms with Crippen LogP contribution >= 0.6 is 0 Å². The first kappa shape index (κ1) is 16.9. The lowest BCUT2D eigenvalue weighted by atomic mass is 9.50. The molecule has 24 heavy (non-hydrogen) atoms. The van der Waals surface area contributed by atoms with Crippen LogP contribution in [0.3, 0.4) is 0 Å². The van der Waals surface area contributed by atoms with Gasteiger partial charge < -0.3 is 4.74 Å². The molecular weight excluding hydrogens is 304 g/mol. The van der Waals surface area contributed by atoms with Crippen molar-refractivity contribution in [3.05, 3.63) is 39.3 Å². The molecule has 5 heteroatoms. The summed E-state index contributed by atoms with van der Waals surface area (Å²) in [5.74, 6) is 1.03. The smallest absolute Gasteiger partial charge is 0.256 e. The third kappa shape index (κ3) is 2.10. The van der Waals surface area contributed by atoms with E-state index in [4.69, 9.17) is 9.72 Å². The van der Waals surface area contributed by atoms with Crippen molar-refractivity contribution in [2.24, 2.45) is 18.4 Å². The van der Waals surface area contributed by atoms with Gasteiger partial charge in [-0.2, -0.15) is 0 Å². The molecule has 2 aliphatic rings. The first-order valence-electron chi connectivity index (χ1n) is 8.48. The Morgan fingerprint density at radius 3 is 2.58 bits per heavy atom. The van der Waals surface area contributed by atoms with Gasteiger partial charge in [0, 0.05) is 29.0 Å². The third-order valence-electron chi connectivity index (χ3n) is 6.17. The topological polar surface area (TPSA) is 61.2 Å². The maximum atomic E-state index is 12.9. The van der Waals surface area contributed by atoms with Crippen LogP contribution in [0.25, 0.3) is 0 Å². The number of methoxy groups -OCH3 is 1. The standard InChI is InChI=1S/C19H26N2O3/c1-11-20-15-13(17(23)21(11)5)7-8-14-18(2,3)16(22)12(10-24-6)9-19(14,15)4/h10,14H,7-9H2,1-6H3/b12-10-/t14-,19-/m0/s1. The zero-order valence-corrected chi connectivity index (χ0v) is 15.4. The molecule has 0 aromatic carbocycles. The van der Waals surface area contributed by atoms with E-state index in [1.807, 2.05) is 20.8 Å². The number of allylic oxidation sites excluding steroid dienone is 1. The quantitative estimate of drug-likeness (QED) is 0.586. The van der Waals surface area contributed by atoms with E-state index >= 15 is 0 Å². The molecule has 3 rings (SSSR count). The average molecular weight is 330 g/mol. The fourth-order valence-corrected chi connectivity index (χ4v) is 4.87. The molecule has 0 spiro atoms. The first-order valence-corrected chi connectivity index (χ1v) is 8.48. The number of hydrogen-bond donors (Lipinski definition) is 0. The highest BCUT2D eigenvalue weighted by Crippen LogP contribution is 2.56. The molecule has 130 valence electrons. The normalized spacial score (nSPS) is 30.0. The minimum atomic E-state index is -0.494. The number of aromatic nitrogens is 2. The van der Waals surface area contributed by atoms with Crippen LogP contribution in [0, 0.1) is 18.3 Å². The molecule has 1 heterocycles. The van der Waals surface area contributed by atoms with Crippen molar-refractivity contribution in [2.75, 3.05) is 7.11 Å². The lowest BCUT2D eigenvalue weighted by Gasteiger charge is -2.52. The summed E-state index contributed by atoms with van der Waals surface area (Å²) in [6.07, 6.45) is 3.66. The highest BCUT2D eigenvalue weighted by molar-refractivity contribution is 6.01. The summed E-state index contributed by atoms with van der Waals surface area (Å²) in [6.45, 7) is 8.04. The summed E-state index contributed by atoms with van der Waals surface area (Å²) in [6, 6.07) is 0. The Bertz CT molecular complexity index is 804. The minimum absolute atomic E-state index is 0.0455. The molecule has 0 bridgehead atoms. The van der Waals surface area contributed by atoms with Crippen LogP contribution in [-0.2, 0) is 28.4 Å². The average Bonchev–Trinajstić information content (AvgIpc) is 2.51. The van der Waals surface area contributed by atoms with Gasteiger partial charge in [-0.15, -0.1) is 0 Å². The van der Waals surface area contributed by atoms with Crippen molar-refractivity contribution in [2.45, 2.75) is 52.4 Å². The highest BCUT2D eigenvalue weighted by atomic mass is 16.5. The molecule has 2 atom stereocenters. The Morgan fingerprint density at radius 2 is 1.96 bits per heavy atom. The van der Waals surface area contributed by atoms with Crippen LogP contribution in [0.5, 0.6) is 0 Å². The van der Waals surface area contributed by atoms with E-state index in [-0.39, 0.29) is 22.7 Å². The minimum Gasteiger partial charge on any atom is -0.504 e. The van der Waals surface area contributed by atoms with E-state index in [2.05, 4.69) is 6.92 Å². The molecule has 0 unspecified atom stereocenters. The molecule has 1 saturated carbocycles. The monoisotopic (exact) mass is 330 g/mol. The number of carbonyl (C=O) groups excluding carboxylic acids is 1. The van der Waals surface area contributed by atoms with Gasteiger partial charge in [-0.25, -0.2) is 4.98 Å². The Hall–Kier alpha value is -1.91. The van der Waals surface area contributed by atoms with E-state index in [0.29, 0.717) is 24.2 Å². The Balaban J connectivity index is 2.26. The van der Waals surface area contributed by atoms with Crippen LogP contribution < -0.4 is 5.56 Å². The first-order chi connectivity index (χ1) is 11.1. The predicted octanol–water partition coefficient (Wildman–Crippen LogP) is 2.44. The van der Waals surface area contributed by atoms with Gasteiger partial charge in [0.1, 0.15) is 5.82 Å². The maximum Gasteiger partial charge on any atom is 0.256 e. The zero-order valence-electron chi connectivity index (χ0n) is 15.4. The number of hydrogen-bond acceptors (Lipinski definition) is 4. The van der Waals surface area contributed by atoms with Gasteiger partial charge in [0.25, 0.3) is 5.56 Å². The SMILES string of the molecule is CO/C=C1/C[C@]2(C)c3nc(C)n(C)c(=O)c3CC[C@H]2C(C)(C)C1=O. The Morgan fingerprint density at radius 1 is 1.29 bits per heavy atom. The van der Waals surface area contributed by atoms with Crippen LogP contribution in [0.2, 0.25) is 0 Å². The van der Waals surface area contributed by atoms with Crippen molar-refractivity contribution in [1.82, 2.24) is 9.55 Å². The van der Waals surface area contributed by atoms with Crippen molar-refractivity contribution in [3.8, 4) is 0 Å². The van der Waals surface area contributed by atoms with Gasteiger partial charge in [-0.05, 0) is 32.1 Å². The molecule has 0 radical (unpaired) electrons. The van der Waals surface area contributed by atoms with Gasteiger partial charge in [0.15, 0.2) is 5.78 Å². The molecule has 0 saturated heterocycles. The predicted molar refractivity (Wildman–Crippen MR) is 91.9 cm³/mol. The van der Waals surface area contributed by atoms with Crippen molar-refractivity contribution in [3.63, 3.8) is 0 Å². The number of ether oxygens (including phenoxy) is 1. The van der Waals surface area contributed by atoms with Crippen molar-refractivity contribution < 1.29 is 9.53 Å². The number of nitrogens with zero attached hydrogens (tertiary/aromatic N) is 2. The van der Waals surface area contributed by atoms with E-state index in [9.17, 15) is 9.59 Å². The van der Waals surface area contributed by atoms with E-state index < -0.39 is 5.41 Å². The second-order valence-corrected chi connectivity index (χ2v) is 7.97. The Kier molecular flexibility index (Phi) is 3.74. The van der Waals surface area contributed by atoms with Gasteiger partial charge in [-0.3, -0.25) is 14.2 Å². The largest absolute Gasteiger partial charge is 0.504 e. The number of fused-ring (bicyclic) bond motifs is 3. The number of aryl methyl sites for hydroxylation is 1. The Labute approximate surface area is 142 Å². The molecule has 1 aromatic rings. The fraction of sp³-hybridized carbons (Fsp3) is 0.632. The molecular formula is C19H26N2O3. The highest BCUT2D eigenvalue weighted by Gasteiger charge is 2.56. The molecule has 0 amide bonds. The number of carbonyl (C=O) groups is 1. The van der Waals surface area contributed by atoms with Crippen LogP contribution in [0.4, 0.5) is 0 Å². The second kappa shape index (κ2) is 5.30. The summed E-state index contributed by atoms with van der Waals surface area (Å²) in [4.78, 5) is 30.4. The lowest BCUT2D eigenvalue weighted by molar-refractivity contribution is -0.131. The van der Waals surface area contributed by atoms with E-state index in [1.54, 1.807) is 25.0 Å². The molecule has 1 fully saturated rings. The van der Waals surface area contributed by atoms with Crippen LogP contribution in [0.1, 0.15) is 50.7 Å².